The molecule has 0 amide bonds. The molecule has 1 aromatic carbocycles. The number of hydrogen-bond donors (Lipinski definition) is 0. The molecule has 4 nitrogen and oxygen atoms in total. The van der Waals surface area contributed by atoms with E-state index in [1.54, 1.807) is 11.8 Å². The molecule has 0 aliphatic carbocycles. The van der Waals surface area contributed by atoms with Crippen molar-refractivity contribution in [2.24, 2.45) is 0 Å². The van der Waals surface area contributed by atoms with Crippen molar-refractivity contribution in [3.05, 3.63) is 24.3 Å². The summed E-state index contributed by atoms with van der Waals surface area (Å²) in [4.78, 5) is 1.23. The molecule has 0 N–H and O–H groups in total. The molecule has 1 atom stereocenters. The van der Waals surface area contributed by atoms with Crippen LogP contribution < -0.4 is 5.30 Å². The molecule has 6 heteroatoms. The average Bonchev–Trinajstić information content (AvgIpc) is 3.04. The smallest absolute Gasteiger partial charge is 0.206 e. The first kappa shape index (κ1) is 16.7. The van der Waals surface area contributed by atoms with Gasteiger partial charge in [0.25, 0.3) is 0 Å². The lowest BCUT2D eigenvalue weighted by atomic mass is 9.90. The topological polar surface area (TPSA) is 36.9 Å². The fourth-order valence-electron chi connectivity index (χ4n) is 2.08. The molecular formula is C16H23O4PS. The highest BCUT2D eigenvalue weighted by molar-refractivity contribution is 7.99. The first-order chi connectivity index (χ1) is 10.4. The molecule has 2 saturated heterocycles. The monoisotopic (exact) mass is 342 g/mol. The SMILES string of the molecule is CC1(C)OP(c2ccc(SCC3COCO3)cc2)OC1(C)C. The summed E-state index contributed by atoms with van der Waals surface area (Å²) in [5.74, 6) is 0.918. The van der Waals surface area contributed by atoms with Crippen LogP contribution >= 0.6 is 20.1 Å². The van der Waals surface area contributed by atoms with E-state index in [9.17, 15) is 0 Å². The van der Waals surface area contributed by atoms with Crippen molar-refractivity contribution in [1.29, 1.82) is 0 Å². The Morgan fingerprint density at radius 1 is 1.09 bits per heavy atom. The standard InChI is InChI=1S/C16H23O4PS/c1-15(2)16(3,4)20-21(19-15)13-5-7-14(8-6-13)22-10-12-9-17-11-18-12/h5-8,12H,9-11H2,1-4H3. The van der Waals surface area contributed by atoms with Crippen LogP contribution in [0.3, 0.4) is 0 Å². The van der Waals surface area contributed by atoms with Gasteiger partial charge in [0, 0.05) is 16.0 Å². The summed E-state index contributed by atoms with van der Waals surface area (Å²) in [5.41, 5.74) is -0.544. The van der Waals surface area contributed by atoms with Gasteiger partial charge in [-0.2, -0.15) is 0 Å². The number of thioether (sulfide) groups is 1. The molecule has 1 aromatic rings. The van der Waals surface area contributed by atoms with Crippen LogP contribution in [0.15, 0.2) is 29.2 Å². The van der Waals surface area contributed by atoms with Gasteiger partial charge in [0.15, 0.2) is 0 Å². The highest BCUT2D eigenvalue weighted by atomic mass is 32.2. The van der Waals surface area contributed by atoms with E-state index in [1.807, 2.05) is 0 Å². The minimum atomic E-state index is -1.00. The molecule has 0 radical (unpaired) electrons. The van der Waals surface area contributed by atoms with Crippen molar-refractivity contribution < 1.29 is 18.5 Å². The van der Waals surface area contributed by atoms with Crippen LogP contribution in [0, 0.1) is 0 Å². The summed E-state index contributed by atoms with van der Waals surface area (Å²) in [6, 6.07) is 8.47. The van der Waals surface area contributed by atoms with Crippen molar-refractivity contribution in [2.45, 2.75) is 49.9 Å². The third-order valence-corrected chi connectivity index (χ3v) is 7.35. The third kappa shape index (κ3) is 3.50. The predicted octanol–water partition coefficient (Wildman–Crippen LogP) is 3.69. The van der Waals surface area contributed by atoms with E-state index < -0.39 is 8.38 Å². The zero-order valence-corrected chi connectivity index (χ0v) is 15.2. The number of hydrogen-bond acceptors (Lipinski definition) is 5. The summed E-state index contributed by atoms with van der Waals surface area (Å²) in [6.07, 6.45) is 0.206. The largest absolute Gasteiger partial charge is 0.353 e. The third-order valence-electron chi connectivity index (χ3n) is 4.25. The number of benzene rings is 1. The van der Waals surface area contributed by atoms with Gasteiger partial charge in [-0.1, -0.05) is 0 Å². The molecule has 2 aliphatic heterocycles. The van der Waals surface area contributed by atoms with Crippen molar-refractivity contribution in [2.75, 3.05) is 19.2 Å². The van der Waals surface area contributed by atoms with Crippen molar-refractivity contribution in [3.8, 4) is 0 Å². The van der Waals surface area contributed by atoms with Crippen LogP contribution in [0.5, 0.6) is 0 Å². The Bertz CT molecular complexity index is 495. The maximum atomic E-state index is 6.13. The molecule has 0 bridgehead atoms. The molecule has 2 heterocycles. The van der Waals surface area contributed by atoms with Gasteiger partial charge in [0.05, 0.1) is 23.9 Å². The lowest BCUT2D eigenvalue weighted by Crippen LogP contribution is -2.41. The Hall–Kier alpha value is -0.160. The summed E-state index contributed by atoms with van der Waals surface area (Å²) >= 11 is 1.79. The fourth-order valence-corrected chi connectivity index (χ4v) is 4.89. The van der Waals surface area contributed by atoms with E-state index in [-0.39, 0.29) is 17.3 Å². The van der Waals surface area contributed by atoms with E-state index in [4.69, 9.17) is 18.5 Å². The zero-order chi connectivity index (χ0) is 15.8. The van der Waals surface area contributed by atoms with Gasteiger partial charge in [-0.05, 0) is 52.0 Å². The van der Waals surface area contributed by atoms with Crippen molar-refractivity contribution in [3.63, 3.8) is 0 Å². The van der Waals surface area contributed by atoms with Crippen LogP contribution in [0.1, 0.15) is 27.7 Å². The van der Waals surface area contributed by atoms with Gasteiger partial charge in [0.2, 0.25) is 8.38 Å². The molecule has 22 heavy (non-hydrogen) atoms. The lowest BCUT2D eigenvalue weighted by Gasteiger charge is -2.29. The summed E-state index contributed by atoms with van der Waals surface area (Å²) in [7, 11) is -1.00. The van der Waals surface area contributed by atoms with Crippen LogP contribution in [0.25, 0.3) is 0 Å². The van der Waals surface area contributed by atoms with Gasteiger partial charge >= 0.3 is 0 Å². The van der Waals surface area contributed by atoms with Gasteiger partial charge in [-0.3, -0.25) is 0 Å². The minimum Gasteiger partial charge on any atom is -0.353 e. The number of rotatable bonds is 4. The Kier molecular flexibility index (Phi) is 4.84. The van der Waals surface area contributed by atoms with Crippen LogP contribution in [-0.4, -0.2) is 36.5 Å². The second kappa shape index (κ2) is 6.39. The lowest BCUT2D eigenvalue weighted by molar-refractivity contribution is 0.00578. The van der Waals surface area contributed by atoms with Gasteiger partial charge in [-0.15, -0.1) is 11.8 Å². The van der Waals surface area contributed by atoms with Crippen molar-refractivity contribution >= 4 is 25.4 Å². The number of ether oxygens (including phenoxy) is 2. The maximum absolute atomic E-state index is 6.13. The van der Waals surface area contributed by atoms with E-state index in [2.05, 4.69) is 52.0 Å². The predicted molar refractivity (Wildman–Crippen MR) is 89.7 cm³/mol. The fraction of sp³-hybridized carbons (Fsp3) is 0.625. The Morgan fingerprint density at radius 2 is 1.73 bits per heavy atom. The molecule has 3 rings (SSSR count). The van der Waals surface area contributed by atoms with Crippen LogP contribution in [-0.2, 0) is 18.5 Å². The van der Waals surface area contributed by atoms with Crippen molar-refractivity contribution in [1.82, 2.24) is 0 Å². The Morgan fingerprint density at radius 3 is 2.27 bits per heavy atom. The Balaban J connectivity index is 1.60. The second-order valence-corrected chi connectivity index (χ2v) is 9.03. The van der Waals surface area contributed by atoms with E-state index >= 15 is 0 Å². The molecule has 0 spiro atoms. The van der Waals surface area contributed by atoms with Crippen LogP contribution in [0.4, 0.5) is 0 Å². The van der Waals surface area contributed by atoms with E-state index in [1.165, 1.54) is 4.90 Å². The zero-order valence-electron chi connectivity index (χ0n) is 13.5. The van der Waals surface area contributed by atoms with E-state index in [0.29, 0.717) is 13.4 Å². The highest BCUT2D eigenvalue weighted by Gasteiger charge is 2.50. The Labute approximate surface area is 137 Å². The summed E-state index contributed by atoms with van der Waals surface area (Å²) < 4.78 is 22.9. The molecule has 0 saturated carbocycles. The minimum absolute atomic E-state index is 0.206. The molecule has 0 aromatic heterocycles. The highest BCUT2D eigenvalue weighted by Crippen LogP contribution is 2.57. The summed E-state index contributed by atoms with van der Waals surface area (Å²) in [5, 5.41) is 1.12. The molecule has 2 fully saturated rings. The van der Waals surface area contributed by atoms with Crippen LogP contribution in [0.2, 0.25) is 0 Å². The normalized spacial score (nSPS) is 27.4. The molecule has 1 unspecified atom stereocenters. The molecular weight excluding hydrogens is 319 g/mol. The van der Waals surface area contributed by atoms with Gasteiger partial charge < -0.3 is 18.5 Å². The van der Waals surface area contributed by atoms with Gasteiger partial charge in [-0.25, -0.2) is 0 Å². The first-order valence-corrected chi connectivity index (χ1v) is 9.64. The average molecular weight is 342 g/mol. The molecule has 2 aliphatic rings. The quantitative estimate of drug-likeness (QED) is 0.616. The van der Waals surface area contributed by atoms with Gasteiger partial charge in [0.1, 0.15) is 6.79 Å². The molecule has 122 valence electrons. The second-order valence-electron chi connectivity index (χ2n) is 6.54. The summed E-state index contributed by atoms with van der Waals surface area (Å²) in [6.45, 7) is 9.47. The first-order valence-electron chi connectivity index (χ1n) is 7.48. The maximum Gasteiger partial charge on any atom is 0.206 e. The van der Waals surface area contributed by atoms with E-state index in [0.717, 1.165) is 11.1 Å².